The fraction of sp³-hybridized carbons (Fsp3) is 0.273. The fourth-order valence-corrected chi connectivity index (χ4v) is 1.97. The number of nitrogens with one attached hydrogen (secondary N) is 1. The van der Waals surface area contributed by atoms with Gasteiger partial charge in [0.15, 0.2) is 0 Å². The molecule has 1 aromatic rings. The van der Waals surface area contributed by atoms with E-state index in [1.807, 2.05) is 6.07 Å². The largest absolute Gasteiger partial charge is 0.411 e. The van der Waals surface area contributed by atoms with Gasteiger partial charge in [-0.05, 0) is 17.7 Å². The van der Waals surface area contributed by atoms with Gasteiger partial charge in [-0.2, -0.15) is 0 Å². The van der Waals surface area contributed by atoms with E-state index in [2.05, 4.69) is 10.5 Å². The number of benzene rings is 1. The van der Waals surface area contributed by atoms with Crippen molar-refractivity contribution >= 4 is 23.2 Å². The maximum Gasteiger partial charge on any atom is 0.221 e. The number of halogens is 1. The van der Waals surface area contributed by atoms with Crippen LogP contribution in [-0.4, -0.2) is 16.8 Å². The molecule has 1 aliphatic rings. The molecular formula is C11H11ClN2O2. The van der Waals surface area contributed by atoms with Gasteiger partial charge in [0, 0.05) is 17.9 Å². The quantitative estimate of drug-likeness (QED) is 0.582. The highest BCUT2D eigenvalue weighted by atomic mass is 35.5. The van der Waals surface area contributed by atoms with E-state index in [1.165, 1.54) is 0 Å². The van der Waals surface area contributed by atoms with Crippen molar-refractivity contribution in [2.75, 3.05) is 0 Å². The first-order chi connectivity index (χ1) is 7.70. The van der Waals surface area contributed by atoms with Gasteiger partial charge in [0.25, 0.3) is 0 Å². The Balaban J connectivity index is 2.33. The van der Waals surface area contributed by atoms with Gasteiger partial charge in [0.05, 0.1) is 11.8 Å². The summed E-state index contributed by atoms with van der Waals surface area (Å²) in [6.45, 7) is 0. The Bertz CT molecular complexity index is 445. The summed E-state index contributed by atoms with van der Waals surface area (Å²) in [5.74, 6) is -0.0441. The number of piperidine rings is 1. The lowest BCUT2D eigenvalue weighted by Crippen LogP contribution is -2.38. The molecule has 84 valence electrons. The van der Waals surface area contributed by atoms with Gasteiger partial charge >= 0.3 is 0 Å². The average molecular weight is 239 g/mol. The third-order valence-electron chi connectivity index (χ3n) is 2.56. The molecule has 2 N–H and O–H groups in total. The van der Waals surface area contributed by atoms with E-state index < -0.39 is 0 Å². The third kappa shape index (κ3) is 2.17. The molecule has 1 amide bonds. The zero-order valence-corrected chi connectivity index (χ0v) is 9.24. The van der Waals surface area contributed by atoms with Gasteiger partial charge in [0.1, 0.15) is 0 Å². The highest BCUT2D eigenvalue weighted by Gasteiger charge is 2.26. The zero-order chi connectivity index (χ0) is 11.5. The van der Waals surface area contributed by atoms with Crippen LogP contribution in [-0.2, 0) is 4.79 Å². The third-order valence-corrected chi connectivity index (χ3v) is 2.79. The number of oxime groups is 1. The summed E-state index contributed by atoms with van der Waals surface area (Å²) in [4.78, 5) is 11.3. The van der Waals surface area contributed by atoms with Crippen LogP contribution in [0.25, 0.3) is 0 Å². The predicted octanol–water partition coefficient (Wildman–Crippen LogP) is 2.12. The summed E-state index contributed by atoms with van der Waals surface area (Å²) < 4.78 is 0. The number of hydrogen-bond donors (Lipinski definition) is 2. The van der Waals surface area contributed by atoms with Crippen molar-refractivity contribution in [1.82, 2.24) is 5.32 Å². The van der Waals surface area contributed by atoms with Gasteiger partial charge in [-0.1, -0.05) is 28.9 Å². The Morgan fingerprint density at radius 1 is 1.44 bits per heavy atom. The number of carbonyl (C=O) groups is 1. The number of amides is 1. The molecule has 1 aliphatic heterocycles. The molecule has 1 fully saturated rings. The van der Waals surface area contributed by atoms with Crippen LogP contribution < -0.4 is 5.32 Å². The van der Waals surface area contributed by atoms with Gasteiger partial charge in [-0.3, -0.25) is 4.79 Å². The Kier molecular flexibility index (Phi) is 3.10. The first-order valence-electron chi connectivity index (χ1n) is 4.96. The van der Waals surface area contributed by atoms with Crippen LogP contribution >= 0.6 is 11.6 Å². The molecule has 16 heavy (non-hydrogen) atoms. The molecule has 2 rings (SSSR count). The van der Waals surface area contributed by atoms with Crippen LogP contribution in [0.4, 0.5) is 0 Å². The molecule has 1 saturated heterocycles. The number of rotatable bonds is 1. The molecule has 0 spiro atoms. The van der Waals surface area contributed by atoms with Crippen molar-refractivity contribution in [1.29, 1.82) is 0 Å². The molecule has 1 heterocycles. The van der Waals surface area contributed by atoms with E-state index in [1.54, 1.807) is 18.2 Å². The Labute approximate surface area is 97.9 Å². The number of hydrogen-bond acceptors (Lipinski definition) is 3. The van der Waals surface area contributed by atoms with E-state index in [-0.39, 0.29) is 11.9 Å². The fourth-order valence-electron chi connectivity index (χ4n) is 1.77. The van der Waals surface area contributed by atoms with Crippen molar-refractivity contribution < 1.29 is 10.0 Å². The molecule has 0 radical (unpaired) electrons. The summed E-state index contributed by atoms with van der Waals surface area (Å²) in [6.07, 6.45) is 0.829. The second-order valence-electron chi connectivity index (χ2n) is 3.65. The lowest BCUT2D eigenvalue weighted by molar-refractivity contribution is -0.121. The van der Waals surface area contributed by atoms with Gasteiger partial charge in [-0.15, -0.1) is 0 Å². The second-order valence-corrected chi connectivity index (χ2v) is 4.08. The van der Waals surface area contributed by atoms with Gasteiger partial charge < -0.3 is 10.5 Å². The maximum atomic E-state index is 11.3. The lowest BCUT2D eigenvalue weighted by atomic mass is 9.95. The highest BCUT2D eigenvalue weighted by molar-refractivity contribution is 6.30. The van der Waals surface area contributed by atoms with Crippen molar-refractivity contribution in [2.24, 2.45) is 5.16 Å². The van der Waals surface area contributed by atoms with Crippen molar-refractivity contribution in [2.45, 2.75) is 18.9 Å². The van der Waals surface area contributed by atoms with Crippen LogP contribution in [0, 0.1) is 0 Å². The van der Waals surface area contributed by atoms with Gasteiger partial charge in [0.2, 0.25) is 5.91 Å². The minimum atomic E-state index is -0.370. The van der Waals surface area contributed by atoms with E-state index >= 15 is 0 Å². The van der Waals surface area contributed by atoms with Crippen LogP contribution in [0.15, 0.2) is 29.4 Å². The summed E-state index contributed by atoms with van der Waals surface area (Å²) in [5.41, 5.74) is 1.38. The average Bonchev–Trinajstić information content (AvgIpc) is 2.29. The smallest absolute Gasteiger partial charge is 0.221 e. The molecule has 0 aromatic heterocycles. The minimum Gasteiger partial charge on any atom is -0.411 e. The van der Waals surface area contributed by atoms with Crippen LogP contribution in [0.1, 0.15) is 24.4 Å². The van der Waals surface area contributed by atoms with E-state index in [9.17, 15) is 4.79 Å². The second kappa shape index (κ2) is 4.53. The lowest BCUT2D eigenvalue weighted by Gasteiger charge is -2.24. The summed E-state index contributed by atoms with van der Waals surface area (Å²) >= 11 is 5.88. The topological polar surface area (TPSA) is 61.7 Å². The number of carbonyl (C=O) groups excluding carboxylic acids is 1. The summed E-state index contributed by atoms with van der Waals surface area (Å²) in [7, 11) is 0. The zero-order valence-electron chi connectivity index (χ0n) is 8.48. The first-order valence-corrected chi connectivity index (χ1v) is 5.34. The van der Waals surface area contributed by atoms with Crippen LogP contribution in [0.2, 0.25) is 5.02 Å². The predicted molar refractivity (Wildman–Crippen MR) is 60.8 cm³/mol. The highest BCUT2D eigenvalue weighted by Crippen LogP contribution is 2.23. The van der Waals surface area contributed by atoms with Crippen LogP contribution in [0.5, 0.6) is 0 Å². The number of nitrogens with zero attached hydrogens (tertiary/aromatic N) is 1. The maximum absolute atomic E-state index is 11.3. The van der Waals surface area contributed by atoms with Crippen molar-refractivity contribution in [3.05, 3.63) is 34.9 Å². The molecule has 1 unspecified atom stereocenters. The van der Waals surface area contributed by atoms with Crippen molar-refractivity contribution in [3.63, 3.8) is 0 Å². The summed E-state index contributed by atoms with van der Waals surface area (Å²) in [5, 5.41) is 15.5. The van der Waals surface area contributed by atoms with E-state index in [4.69, 9.17) is 16.8 Å². The Hall–Kier alpha value is -1.55. The normalized spacial score (nSPS) is 23.2. The minimum absolute atomic E-state index is 0.0441. The Morgan fingerprint density at radius 3 is 2.94 bits per heavy atom. The Morgan fingerprint density at radius 2 is 2.25 bits per heavy atom. The molecule has 4 nitrogen and oxygen atoms in total. The monoisotopic (exact) mass is 238 g/mol. The molecule has 1 aromatic carbocycles. The standard InChI is InChI=1S/C11H11ClN2O2/c12-8-3-1-2-7(6-8)11-9(14-16)4-5-10(15)13-11/h1-3,6,11,16H,4-5H2,(H,13,15)/b14-9+. The van der Waals surface area contributed by atoms with Crippen LogP contribution in [0.3, 0.4) is 0 Å². The molecule has 0 aliphatic carbocycles. The molecule has 1 atom stereocenters. The molecule has 5 heteroatoms. The van der Waals surface area contributed by atoms with E-state index in [0.29, 0.717) is 23.6 Å². The molecule has 0 bridgehead atoms. The van der Waals surface area contributed by atoms with E-state index in [0.717, 1.165) is 5.56 Å². The van der Waals surface area contributed by atoms with Crippen molar-refractivity contribution in [3.8, 4) is 0 Å². The summed E-state index contributed by atoms with van der Waals surface area (Å²) in [6, 6.07) is 6.78. The molecule has 0 saturated carbocycles. The molecular weight excluding hydrogens is 228 g/mol. The first kappa shape index (κ1) is 11.0. The SMILES string of the molecule is O=C1CC/C(=N\O)C(c2cccc(Cl)c2)N1. The van der Waals surface area contributed by atoms with Gasteiger partial charge in [-0.25, -0.2) is 0 Å².